The molecule has 1 aromatic rings. The third kappa shape index (κ3) is 4.48. The third-order valence-electron chi connectivity index (χ3n) is 3.78. The number of nitrogens with zero attached hydrogens (tertiary/aromatic N) is 1. The molecule has 1 fully saturated rings. The third-order valence-corrected chi connectivity index (χ3v) is 3.78. The van der Waals surface area contributed by atoms with Crippen molar-refractivity contribution >= 4 is 23.5 Å². The Labute approximate surface area is 140 Å². The van der Waals surface area contributed by atoms with Crippen LogP contribution in [0.2, 0.25) is 0 Å². The van der Waals surface area contributed by atoms with E-state index in [9.17, 15) is 19.2 Å². The van der Waals surface area contributed by atoms with Crippen LogP contribution in [0.15, 0.2) is 30.3 Å². The van der Waals surface area contributed by atoms with Crippen molar-refractivity contribution in [1.29, 1.82) is 0 Å². The first-order valence-corrected chi connectivity index (χ1v) is 7.95. The summed E-state index contributed by atoms with van der Waals surface area (Å²) in [5, 5.41) is 5.48. The molecule has 3 amide bonds. The molecule has 1 aliphatic rings. The van der Waals surface area contributed by atoms with Gasteiger partial charge in [-0.25, -0.2) is 0 Å². The quantitative estimate of drug-likeness (QED) is 0.546. The van der Waals surface area contributed by atoms with Crippen LogP contribution in [-0.4, -0.2) is 54.1 Å². The maximum Gasteiger partial charge on any atom is 0.252 e. The normalized spacial score (nSPS) is 17.7. The van der Waals surface area contributed by atoms with E-state index in [0.29, 0.717) is 12.1 Å². The molecule has 2 N–H and O–H groups in total. The van der Waals surface area contributed by atoms with Crippen LogP contribution in [0.25, 0.3) is 0 Å². The van der Waals surface area contributed by atoms with Gasteiger partial charge in [-0.05, 0) is 13.0 Å². The lowest BCUT2D eigenvalue weighted by molar-refractivity contribution is -0.150. The van der Waals surface area contributed by atoms with Crippen molar-refractivity contribution in [1.82, 2.24) is 15.5 Å². The number of hydrogen-bond donors (Lipinski definition) is 2. The van der Waals surface area contributed by atoms with Gasteiger partial charge in [-0.15, -0.1) is 0 Å². The number of carbonyl (C=O) groups is 4. The van der Waals surface area contributed by atoms with Crippen LogP contribution in [-0.2, 0) is 14.4 Å². The highest BCUT2D eigenvalue weighted by Gasteiger charge is 2.36. The zero-order chi connectivity index (χ0) is 17.5. The number of rotatable bonds is 7. The molecule has 1 unspecified atom stereocenters. The molecule has 1 aromatic carbocycles. The van der Waals surface area contributed by atoms with Gasteiger partial charge in [-0.2, -0.15) is 0 Å². The molecule has 0 bridgehead atoms. The molecule has 1 saturated heterocycles. The highest BCUT2D eigenvalue weighted by molar-refractivity contribution is 6.07. The fourth-order valence-corrected chi connectivity index (χ4v) is 2.48. The van der Waals surface area contributed by atoms with Crippen LogP contribution in [0.1, 0.15) is 30.1 Å². The van der Waals surface area contributed by atoms with Gasteiger partial charge in [0.2, 0.25) is 11.8 Å². The van der Waals surface area contributed by atoms with E-state index < -0.39 is 11.9 Å². The molecule has 1 aliphatic heterocycles. The topological polar surface area (TPSA) is 95.6 Å². The number of piperidine rings is 1. The Bertz CT molecular complexity index is 630. The van der Waals surface area contributed by atoms with Crippen molar-refractivity contribution in [3.05, 3.63) is 35.9 Å². The Kier molecular flexibility index (Phi) is 6.20. The number of likely N-dealkylation sites (N-methyl/N-ethyl adjacent to an activating group) is 1. The summed E-state index contributed by atoms with van der Waals surface area (Å²) in [4.78, 5) is 49.4. The Hall–Kier alpha value is -2.54. The van der Waals surface area contributed by atoms with Crippen molar-refractivity contribution in [2.24, 2.45) is 0 Å². The maximum absolute atomic E-state index is 12.4. The van der Waals surface area contributed by atoms with E-state index in [1.807, 2.05) is 6.92 Å². The van der Waals surface area contributed by atoms with Crippen LogP contribution in [0.3, 0.4) is 0 Å². The van der Waals surface area contributed by atoms with E-state index in [2.05, 4.69) is 10.6 Å². The molecule has 7 heteroatoms. The SMILES string of the molecule is CCNCC(=O)NC1CCC(=O)N(CC(=O)c2ccccc2)C1=O. The van der Waals surface area contributed by atoms with Crippen LogP contribution in [0, 0.1) is 0 Å². The van der Waals surface area contributed by atoms with E-state index in [1.54, 1.807) is 30.3 Å². The fourth-order valence-electron chi connectivity index (χ4n) is 2.48. The second-order valence-electron chi connectivity index (χ2n) is 5.55. The summed E-state index contributed by atoms with van der Waals surface area (Å²) in [6.07, 6.45) is 0.380. The van der Waals surface area contributed by atoms with Gasteiger partial charge in [-0.3, -0.25) is 24.1 Å². The molecular weight excluding hydrogens is 310 g/mol. The minimum Gasteiger partial charge on any atom is -0.343 e. The second kappa shape index (κ2) is 8.35. The first-order chi connectivity index (χ1) is 11.5. The number of hydrogen-bond acceptors (Lipinski definition) is 5. The lowest BCUT2D eigenvalue weighted by Gasteiger charge is -2.30. The summed E-state index contributed by atoms with van der Waals surface area (Å²) in [5.41, 5.74) is 0.441. The Morgan fingerprint density at radius 2 is 1.92 bits per heavy atom. The average Bonchev–Trinajstić information content (AvgIpc) is 2.60. The summed E-state index contributed by atoms with van der Waals surface area (Å²) in [7, 11) is 0. The summed E-state index contributed by atoms with van der Waals surface area (Å²) in [5.74, 6) is -1.53. The van der Waals surface area contributed by atoms with E-state index >= 15 is 0 Å². The molecule has 0 saturated carbocycles. The molecule has 128 valence electrons. The van der Waals surface area contributed by atoms with Crippen molar-refractivity contribution in [2.45, 2.75) is 25.8 Å². The summed E-state index contributed by atoms with van der Waals surface area (Å²) in [6, 6.07) is 7.73. The van der Waals surface area contributed by atoms with Crippen molar-refractivity contribution in [3.63, 3.8) is 0 Å². The maximum atomic E-state index is 12.4. The van der Waals surface area contributed by atoms with Gasteiger partial charge in [0.05, 0.1) is 13.1 Å². The average molecular weight is 331 g/mol. The fraction of sp³-hybridized carbons (Fsp3) is 0.412. The number of carbonyl (C=O) groups excluding carboxylic acids is 4. The molecule has 0 aliphatic carbocycles. The molecule has 24 heavy (non-hydrogen) atoms. The predicted molar refractivity (Wildman–Crippen MR) is 87.2 cm³/mol. The molecular formula is C17H21N3O4. The first-order valence-electron chi connectivity index (χ1n) is 7.95. The van der Waals surface area contributed by atoms with Crippen molar-refractivity contribution < 1.29 is 19.2 Å². The molecule has 7 nitrogen and oxygen atoms in total. The number of imide groups is 1. The number of ketones is 1. The highest BCUT2D eigenvalue weighted by Crippen LogP contribution is 2.14. The predicted octanol–water partition coefficient (Wildman–Crippen LogP) is 0.113. The van der Waals surface area contributed by atoms with Gasteiger partial charge in [-0.1, -0.05) is 37.3 Å². The number of benzene rings is 1. The molecule has 1 atom stereocenters. The minimum absolute atomic E-state index is 0.108. The standard InChI is InChI=1S/C17H21N3O4/c1-2-18-10-15(22)19-13-8-9-16(23)20(17(13)24)11-14(21)12-6-4-3-5-7-12/h3-7,13,18H,2,8-11H2,1H3,(H,19,22). The molecule has 0 radical (unpaired) electrons. The van der Waals surface area contributed by atoms with Gasteiger partial charge >= 0.3 is 0 Å². The highest BCUT2D eigenvalue weighted by atomic mass is 16.2. The zero-order valence-corrected chi connectivity index (χ0v) is 13.6. The van der Waals surface area contributed by atoms with E-state index in [1.165, 1.54) is 0 Å². The van der Waals surface area contributed by atoms with Gasteiger partial charge in [0, 0.05) is 12.0 Å². The van der Waals surface area contributed by atoms with Gasteiger partial charge in [0.1, 0.15) is 6.04 Å². The monoisotopic (exact) mass is 331 g/mol. The number of Topliss-reactive ketones (excluding diaryl/α,β-unsaturated/α-hetero) is 1. The second-order valence-corrected chi connectivity index (χ2v) is 5.55. The largest absolute Gasteiger partial charge is 0.343 e. The summed E-state index contributed by atoms with van der Waals surface area (Å²) < 4.78 is 0. The molecule has 2 rings (SSSR count). The van der Waals surface area contributed by atoms with Crippen LogP contribution in [0.5, 0.6) is 0 Å². The lowest BCUT2D eigenvalue weighted by atomic mass is 10.0. The summed E-state index contributed by atoms with van der Waals surface area (Å²) in [6.45, 7) is 2.31. The van der Waals surface area contributed by atoms with Gasteiger partial charge in [0.15, 0.2) is 5.78 Å². The smallest absolute Gasteiger partial charge is 0.252 e. The Morgan fingerprint density at radius 3 is 2.58 bits per heavy atom. The summed E-state index contributed by atoms with van der Waals surface area (Å²) >= 11 is 0. The van der Waals surface area contributed by atoms with E-state index in [-0.39, 0.29) is 43.5 Å². The van der Waals surface area contributed by atoms with Crippen molar-refractivity contribution in [3.8, 4) is 0 Å². The zero-order valence-electron chi connectivity index (χ0n) is 13.6. The number of amides is 3. The Balaban J connectivity index is 2.00. The molecule has 1 heterocycles. The Morgan fingerprint density at radius 1 is 1.21 bits per heavy atom. The van der Waals surface area contributed by atoms with E-state index in [0.717, 1.165) is 4.90 Å². The molecule has 0 spiro atoms. The van der Waals surface area contributed by atoms with Gasteiger partial charge in [0.25, 0.3) is 5.91 Å². The van der Waals surface area contributed by atoms with Crippen LogP contribution < -0.4 is 10.6 Å². The minimum atomic E-state index is -0.766. The lowest BCUT2D eigenvalue weighted by Crippen LogP contribution is -2.56. The number of nitrogens with one attached hydrogen (secondary N) is 2. The van der Waals surface area contributed by atoms with Crippen molar-refractivity contribution in [2.75, 3.05) is 19.6 Å². The van der Waals surface area contributed by atoms with Gasteiger partial charge < -0.3 is 10.6 Å². The molecule has 0 aromatic heterocycles. The number of likely N-dealkylation sites (tertiary alicyclic amines) is 1. The van der Waals surface area contributed by atoms with Crippen LogP contribution >= 0.6 is 0 Å². The first kappa shape index (κ1) is 17.8. The van der Waals surface area contributed by atoms with Crippen LogP contribution in [0.4, 0.5) is 0 Å². The van der Waals surface area contributed by atoms with E-state index in [4.69, 9.17) is 0 Å².